The van der Waals surface area contributed by atoms with Gasteiger partial charge >= 0.3 is 0 Å². The summed E-state index contributed by atoms with van der Waals surface area (Å²) in [4.78, 5) is 19.1. The molecule has 1 aromatic carbocycles. The molecule has 0 spiro atoms. The highest BCUT2D eigenvalue weighted by molar-refractivity contribution is 7.99. The number of hydrogen-bond donors (Lipinski definition) is 1. The van der Waals surface area contributed by atoms with Crippen LogP contribution in [0.4, 0.5) is 5.13 Å². The number of benzene rings is 1. The Balaban J connectivity index is 1.37. The van der Waals surface area contributed by atoms with E-state index in [1.165, 1.54) is 50.1 Å². The zero-order valence-corrected chi connectivity index (χ0v) is 16.1. The molecule has 1 amide bonds. The monoisotopic (exact) mass is 375 g/mol. The highest BCUT2D eigenvalue weighted by Crippen LogP contribution is 2.24. The second kappa shape index (κ2) is 9.94. The molecule has 0 saturated carbocycles. The second-order valence-electron chi connectivity index (χ2n) is 6.26. The van der Waals surface area contributed by atoms with Gasteiger partial charge in [-0.2, -0.15) is 11.8 Å². The van der Waals surface area contributed by atoms with Crippen molar-refractivity contribution in [1.82, 2.24) is 9.88 Å². The third-order valence-corrected chi connectivity index (χ3v) is 6.00. The molecular weight excluding hydrogens is 350 g/mol. The van der Waals surface area contributed by atoms with E-state index >= 15 is 0 Å². The van der Waals surface area contributed by atoms with Crippen LogP contribution in [-0.4, -0.2) is 46.9 Å². The van der Waals surface area contributed by atoms with Gasteiger partial charge in [0.05, 0.1) is 11.4 Å². The molecule has 0 unspecified atom stereocenters. The van der Waals surface area contributed by atoms with Gasteiger partial charge in [0.25, 0.3) is 0 Å². The minimum Gasteiger partial charge on any atom is -0.303 e. The van der Waals surface area contributed by atoms with Crippen molar-refractivity contribution in [2.24, 2.45) is 0 Å². The quantitative estimate of drug-likeness (QED) is 0.731. The summed E-state index contributed by atoms with van der Waals surface area (Å²) in [6.45, 7) is 3.52. The van der Waals surface area contributed by atoms with Gasteiger partial charge in [-0.15, -0.1) is 11.3 Å². The lowest BCUT2D eigenvalue weighted by Gasteiger charge is -2.18. The predicted octanol–water partition coefficient (Wildman–Crippen LogP) is 4.36. The SMILES string of the molecule is O=C(CSCCN1CCCCCC1)Nc1nc(-c2ccccc2)cs1. The first-order valence-corrected chi connectivity index (χ1v) is 11.0. The van der Waals surface area contributed by atoms with Crippen molar-refractivity contribution in [2.75, 3.05) is 36.5 Å². The Labute approximate surface area is 158 Å². The number of hydrogen-bond acceptors (Lipinski definition) is 5. The maximum Gasteiger partial charge on any atom is 0.236 e. The number of carbonyl (C=O) groups excluding carboxylic acids is 1. The van der Waals surface area contributed by atoms with Crippen LogP contribution < -0.4 is 5.32 Å². The largest absolute Gasteiger partial charge is 0.303 e. The second-order valence-corrected chi connectivity index (χ2v) is 8.22. The van der Waals surface area contributed by atoms with Crippen LogP contribution in [0.15, 0.2) is 35.7 Å². The molecule has 1 aromatic heterocycles. The smallest absolute Gasteiger partial charge is 0.236 e. The molecule has 25 heavy (non-hydrogen) atoms. The van der Waals surface area contributed by atoms with E-state index in [4.69, 9.17) is 0 Å². The van der Waals surface area contributed by atoms with Gasteiger partial charge in [0, 0.05) is 23.2 Å². The first-order chi connectivity index (χ1) is 12.3. The fourth-order valence-electron chi connectivity index (χ4n) is 2.95. The molecule has 1 aliphatic rings. The fourth-order valence-corrected chi connectivity index (χ4v) is 4.47. The molecule has 0 radical (unpaired) electrons. The van der Waals surface area contributed by atoms with Crippen molar-refractivity contribution < 1.29 is 4.79 Å². The van der Waals surface area contributed by atoms with E-state index in [0.29, 0.717) is 10.9 Å². The van der Waals surface area contributed by atoms with Gasteiger partial charge in [-0.05, 0) is 25.9 Å². The van der Waals surface area contributed by atoms with Crippen molar-refractivity contribution >= 4 is 34.1 Å². The van der Waals surface area contributed by atoms with E-state index in [2.05, 4.69) is 15.2 Å². The number of nitrogens with zero attached hydrogens (tertiary/aromatic N) is 2. The summed E-state index contributed by atoms with van der Waals surface area (Å²) in [6, 6.07) is 10.0. The molecule has 2 aromatic rings. The summed E-state index contributed by atoms with van der Waals surface area (Å²) in [6.07, 6.45) is 5.37. The van der Waals surface area contributed by atoms with Gasteiger partial charge in [-0.1, -0.05) is 43.2 Å². The lowest BCUT2D eigenvalue weighted by molar-refractivity contribution is -0.113. The summed E-state index contributed by atoms with van der Waals surface area (Å²) in [7, 11) is 0. The molecule has 134 valence electrons. The average molecular weight is 376 g/mol. The minimum atomic E-state index is 0.0369. The van der Waals surface area contributed by atoms with Crippen molar-refractivity contribution in [3.63, 3.8) is 0 Å². The van der Waals surface area contributed by atoms with Crippen LogP contribution >= 0.6 is 23.1 Å². The Morgan fingerprint density at radius 3 is 2.68 bits per heavy atom. The van der Waals surface area contributed by atoms with Crippen molar-refractivity contribution in [1.29, 1.82) is 0 Å². The maximum atomic E-state index is 12.1. The first-order valence-electron chi connectivity index (χ1n) is 8.92. The molecule has 0 aliphatic carbocycles. The lowest BCUT2D eigenvalue weighted by Crippen LogP contribution is -2.27. The van der Waals surface area contributed by atoms with E-state index in [0.717, 1.165) is 23.6 Å². The van der Waals surface area contributed by atoms with Crippen molar-refractivity contribution in [3.05, 3.63) is 35.7 Å². The zero-order valence-electron chi connectivity index (χ0n) is 14.4. The van der Waals surface area contributed by atoms with E-state index in [1.54, 1.807) is 11.8 Å². The van der Waals surface area contributed by atoms with E-state index in [9.17, 15) is 4.79 Å². The normalized spacial score (nSPS) is 15.7. The number of amides is 1. The Hall–Kier alpha value is -1.37. The van der Waals surface area contributed by atoms with E-state index < -0.39 is 0 Å². The van der Waals surface area contributed by atoms with Gasteiger partial charge in [0.2, 0.25) is 5.91 Å². The number of rotatable bonds is 7. The van der Waals surface area contributed by atoms with Crippen LogP contribution in [0.1, 0.15) is 25.7 Å². The molecule has 1 aliphatic heterocycles. The number of nitrogens with one attached hydrogen (secondary N) is 1. The number of likely N-dealkylation sites (tertiary alicyclic amines) is 1. The summed E-state index contributed by atoms with van der Waals surface area (Å²) in [5, 5.41) is 5.58. The van der Waals surface area contributed by atoms with Crippen LogP contribution in [0.2, 0.25) is 0 Å². The number of carbonyl (C=O) groups is 1. The minimum absolute atomic E-state index is 0.0369. The van der Waals surface area contributed by atoms with Crippen molar-refractivity contribution in [2.45, 2.75) is 25.7 Å². The van der Waals surface area contributed by atoms with Crippen LogP contribution in [-0.2, 0) is 4.79 Å². The Morgan fingerprint density at radius 2 is 1.92 bits per heavy atom. The molecule has 3 rings (SSSR count). The molecule has 1 saturated heterocycles. The van der Waals surface area contributed by atoms with Crippen LogP contribution in [0, 0.1) is 0 Å². The summed E-state index contributed by atoms with van der Waals surface area (Å²) >= 11 is 3.18. The first kappa shape index (κ1) is 18.4. The molecular formula is C19H25N3OS2. The Bertz CT molecular complexity index is 652. The number of aromatic nitrogens is 1. The Kier molecular flexibility index (Phi) is 7.33. The average Bonchev–Trinajstić information content (AvgIpc) is 2.94. The van der Waals surface area contributed by atoms with Crippen LogP contribution in [0.25, 0.3) is 11.3 Å². The third-order valence-electron chi connectivity index (χ3n) is 4.30. The molecule has 2 heterocycles. The molecule has 4 nitrogen and oxygen atoms in total. The zero-order chi connectivity index (χ0) is 17.3. The van der Waals surface area contributed by atoms with E-state index in [1.807, 2.05) is 35.7 Å². The molecule has 1 fully saturated rings. The van der Waals surface area contributed by atoms with E-state index in [-0.39, 0.29) is 5.91 Å². The number of thioether (sulfide) groups is 1. The topological polar surface area (TPSA) is 45.2 Å². The van der Waals surface area contributed by atoms with Gasteiger partial charge in [-0.25, -0.2) is 4.98 Å². The van der Waals surface area contributed by atoms with Crippen molar-refractivity contribution in [3.8, 4) is 11.3 Å². The highest BCUT2D eigenvalue weighted by Gasteiger charge is 2.10. The van der Waals surface area contributed by atoms with Crippen LogP contribution in [0.3, 0.4) is 0 Å². The fraction of sp³-hybridized carbons (Fsp3) is 0.474. The van der Waals surface area contributed by atoms with Gasteiger partial charge in [0.15, 0.2) is 5.13 Å². The highest BCUT2D eigenvalue weighted by atomic mass is 32.2. The number of thiazole rings is 1. The summed E-state index contributed by atoms with van der Waals surface area (Å²) < 4.78 is 0. The molecule has 1 N–H and O–H groups in total. The van der Waals surface area contributed by atoms with Crippen LogP contribution in [0.5, 0.6) is 0 Å². The van der Waals surface area contributed by atoms with Gasteiger partial charge < -0.3 is 10.2 Å². The van der Waals surface area contributed by atoms with Gasteiger partial charge in [0.1, 0.15) is 0 Å². The molecule has 6 heteroatoms. The number of anilines is 1. The third kappa shape index (κ3) is 6.13. The predicted molar refractivity (Wildman–Crippen MR) is 108 cm³/mol. The van der Waals surface area contributed by atoms with Gasteiger partial charge in [-0.3, -0.25) is 4.79 Å². The standard InChI is InChI=1S/C19H25N3OS2/c23-18(15-24-13-12-22-10-6-1-2-7-11-22)21-19-20-17(14-25-19)16-8-4-3-5-9-16/h3-5,8-9,14H,1-2,6-7,10-13,15H2,(H,20,21,23). The molecule has 0 bridgehead atoms. The Morgan fingerprint density at radius 1 is 1.16 bits per heavy atom. The summed E-state index contributed by atoms with van der Waals surface area (Å²) in [5.41, 5.74) is 1.99. The lowest BCUT2D eigenvalue weighted by atomic mass is 10.2. The molecule has 0 atom stereocenters. The maximum absolute atomic E-state index is 12.1. The summed E-state index contributed by atoms with van der Waals surface area (Å²) in [5.74, 6) is 1.55.